The maximum Gasteiger partial charge on any atom is 0.217 e. The molecular weight excluding hydrogens is 523 g/mol. The van der Waals surface area contributed by atoms with Crippen molar-refractivity contribution in [3.05, 3.63) is 74.8 Å². The number of amidine groups is 1. The maximum absolute atomic E-state index is 13.9. The van der Waals surface area contributed by atoms with Crippen molar-refractivity contribution in [2.24, 2.45) is 12.0 Å². The first-order valence-electron chi connectivity index (χ1n) is 11.6. The summed E-state index contributed by atoms with van der Waals surface area (Å²) < 4.78 is 44.0. The third-order valence-corrected chi connectivity index (χ3v) is 10.5. The minimum absolute atomic E-state index is 0.265. The standard InChI is InChI=1S/C24H24ClFN6O2S2/c1-24(6-7-24)36(33,34)30-15-12-19-20(18-5-9-31(2)29-18)21(16-4-3-14(26)11-17(16)25)28-22(32(19)13-15)23-27-8-10-35-23/h3-5,8-11,15,21,30H,6-7,12-13H2,1-2H3/t15?,21-/m0/s1. The van der Waals surface area contributed by atoms with Gasteiger partial charge in [0.05, 0.1) is 10.4 Å². The third kappa shape index (κ3) is 3.98. The van der Waals surface area contributed by atoms with Crippen LogP contribution in [0.2, 0.25) is 5.02 Å². The van der Waals surface area contributed by atoms with Crippen LogP contribution in [0, 0.1) is 5.82 Å². The lowest BCUT2D eigenvalue weighted by Crippen LogP contribution is -2.43. The Morgan fingerprint density at radius 2 is 2.08 bits per heavy atom. The Labute approximate surface area is 217 Å². The van der Waals surface area contributed by atoms with Gasteiger partial charge in [0.25, 0.3) is 0 Å². The van der Waals surface area contributed by atoms with Gasteiger partial charge in [-0.05, 0) is 38.0 Å². The molecule has 3 aliphatic rings. The van der Waals surface area contributed by atoms with Crippen LogP contribution in [-0.2, 0) is 17.1 Å². The molecule has 0 amide bonds. The molecule has 4 heterocycles. The van der Waals surface area contributed by atoms with E-state index in [9.17, 15) is 12.8 Å². The van der Waals surface area contributed by atoms with Crippen molar-refractivity contribution in [1.29, 1.82) is 0 Å². The number of aryl methyl sites for hydroxylation is 1. The predicted molar refractivity (Wildman–Crippen MR) is 138 cm³/mol. The van der Waals surface area contributed by atoms with Crippen molar-refractivity contribution in [3.8, 4) is 0 Å². The van der Waals surface area contributed by atoms with Gasteiger partial charge in [-0.25, -0.2) is 22.5 Å². The second-order valence-corrected chi connectivity index (χ2v) is 13.2. The molecule has 6 rings (SSSR count). The number of nitrogens with one attached hydrogen (secondary N) is 1. The summed E-state index contributed by atoms with van der Waals surface area (Å²) in [5, 5.41) is 7.50. The van der Waals surface area contributed by atoms with Crippen LogP contribution in [0.4, 0.5) is 4.39 Å². The van der Waals surface area contributed by atoms with Crippen LogP contribution in [0.5, 0.6) is 0 Å². The molecule has 8 nitrogen and oxygen atoms in total. The fourth-order valence-electron chi connectivity index (χ4n) is 4.81. The number of hydrogen-bond acceptors (Lipinski definition) is 7. The molecule has 2 fully saturated rings. The quantitative estimate of drug-likeness (QED) is 0.502. The summed E-state index contributed by atoms with van der Waals surface area (Å²) in [5.41, 5.74) is 3.09. The second-order valence-electron chi connectivity index (χ2n) is 9.68. The molecule has 1 saturated heterocycles. The highest BCUT2D eigenvalue weighted by Gasteiger charge is 2.52. The smallest absolute Gasteiger partial charge is 0.217 e. The van der Waals surface area contributed by atoms with Gasteiger partial charge in [0.15, 0.2) is 10.8 Å². The van der Waals surface area contributed by atoms with E-state index < -0.39 is 26.6 Å². The lowest BCUT2D eigenvalue weighted by Gasteiger charge is -2.32. The van der Waals surface area contributed by atoms with E-state index in [1.54, 1.807) is 23.9 Å². The topological polar surface area (TPSA) is 92.5 Å². The van der Waals surface area contributed by atoms with Gasteiger partial charge in [-0.15, -0.1) is 11.3 Å². The fourth-order valence-corrected chi connectivity index (χ4v) is 7.24. The monoisotopic (exact) mass is 546 g/mol. The Bertz CT molecular complexity index is 1510. The van der Waals surface area contributed by atoms with Crippen molar-refractivity contribution in [2.45, 2.75) is 43.0 Å². The molecule has 1 saturated carbocycles. The molecule has 3 aromatic rings. The summed E-state index contributed by atoms with van der Waals surface area (Å²) in [6, 6.07) is 5.30. The molecule has 1 aromatic carbocycles. The van der Waals surface area contributed by atoms with Crippen LogP contribution >= 0.6 is 22.9 Å². The summed E-state index contributed by atoms with van der Waals surface area (Å²) in [4.78, 5) is 11.6. The fraction of sp³-hybridized carbons (Fsp3) is 0.375. The number of nitrogens with zero attached hydrogens (tertiary/aromatic N) is 5. The Kier molecular flexibility index (Phi) is 5.60. The SMILES string of the molecule is Cn1ccc(C2=C3CC(NS(=O)(=O)C4(C)CC4)CN3C(c3nccs3)=N[C@H]2c2ccc(F)cc2Cl)n1. The van der Waals surface area contributed by atoms with Crippen molar-refractivity contribution in [1.82, 2.24) is 24.4 Å². The van der Waals surface area contributed by atoms with E-state index in [-0.39, 0.29) is 11.1 Å². The average molecular weight is 547 g/mol. The number of sulfonamides is 1. The minimum atomic E-state index is -3.47. The van der Waals surface area contributed by atoms with Crippen molar-refractivity contribution < 1.29 is 12.8 Å². The molecular formula is C24H24ClFN6O2S2. The molecule has 1 aliphatic carbocycles. The zero-order chi connectivity index (χ0) is 25.2. The normalized spacial score (nSPS) is 23.1. The zero-order valence-corrected chi connectivity index (χ0v) is 22.0. The van der Waals surface area contributed by atoms with Gasteiger partial charge >= 0.3 is 0 Å². The first-order valence-corrected chi connectivity index (χ1v) is 14.3. The maximum atomic E-state index is 13.9. The van der Waals surface area contributed by atoms with Crippen LogP contribution in [0.3, 0.4) is 0 Å². The van der Waals surface area contributed by atoms with Crippen molar-refractivity contribution >= 4 is 44.4 Å². The highest BCUT2D eigenvalue weighted by molar-refractivity contribution is 7.91. The Morgan fingerprint density at radius 1 is 1.28 bits per heavy atom. The van der Waals surface area contributed by atoms with Crippen molar-refractivity contribution in [2.75, 3.05) is 6.54 Å². The lowest BCUT2D eigenvalue weighted by molar-refractivity contribution is 0.512. The third-order valence-electron chi connectivity index (χ3n) is 7.05. The highest BCUT2D eigenvalue weighted by atomic mass is 35.5. The van der Waals surface area contributed by atoms with E-state index in [4.69, 9.17) is 16.6 Å². The van der Waals surface area contributed by atoms with Crippen LogP contribution in [-0.4, -0.2) is 51.3 Å². The van der Waals surface area contributed by atoms with Gasteiger partial charge in [-0.3, -0.25) is 9.67 Å². The molecule has 2 aromatic heterocycles. The highest BCUT2D eigenvalue weighted by Crippen LogP contribution is 2.47. The van der Waals surface area contributed by atoms with Gasteiger partial charge in [0, 0.05) is 65.7 Å². The van der Waals surface area contributed by atoms with E-state index in [0.717, 1.165) is 11.3 Å². The Balaban J connectivity index is 1.50. The summed E-state index contributed by atoms with van der Waals surface area (Å²) in [6.45, 7) is 2.20. The minimum Gasteiger partial charge on any atom is -0.326 e. The van der Waals surface area contributed by atoms with Gasteiger partial charge in [0.2, 0.25) is 10.0 Å². The van der Waals surface area contributed by atoms with Crippen LogP contribution in [0.25, 0.3) is 5.57 Å². The van der Waals surface area contributed by atoms with Crippen molar-refractivity contribution in [3.63, 3.8) is 0 Å². The number of aromatic nitrogens is 3. The summed E-state index contributed by atoms with van der Waals surface area (Å²) in [5.74, 6) is 0.214. The Morgan fingerprint density at radius 3 is 2.72 bits per heavy atom. The van der Waals surface area contributed by atoms with Crippen LogP contribution in [0.15, 0.2) is 52.7 Å². The molecule has 0 radical (unpaired) electrons. The molecule has 188 valence electrons. The molecule has 1 unspecified atom stereocenters. The molecule has 2 aliphatic heterocycles. The number of rotatable bonds is 6. The van der Waals surface area contributed by atoms with Gasteiger partial charge in [-0.1, -0.05) is 17.7 Å². The molecule has 2 atom stereocenters. The van der Waals surface area contributed by atoms with E-state index in [2.05, 4.69) is 14.8 Å². The van der Waals surface area contributed by atoms with E-state index in [1.807, 2.05) is 29.6 Å². The Hall–Kier alpha value is -2.60. The first-order chi connectivity index (χ1) is 17.1. The van der Waals surface area contributed by atoms with Gasteiger partial charge < -0.3 is 4.90 Å². The zero-order valence-electron chi connectivity index (χ0n) is 19.6. The average Bonchev–Trinajstić information content (AvgIpc) is 3.20. The number of hydrogen-bond donors (Lipinski definition) is 1. The largest absolute Gasteiger partial charge is 0.326 e. The molecule has 1 N–H and O–H groups in total. The van der Waals surface area contributed by atoms with Crippen LogP contribution in [0.1, 0.15) is 48.5 Å². The molecule has 0 spiro atoms. The van der Waals surface area contributed by atoms with Crippen LogP contribution < -0.4 is 4.72 Å². The molecule has 36 heavy (non-hydrogen) atoms. The number of thiazole rings is 1. The number of benzene rings is 1. The first kappa shape index (κ1) is 23.8. The summed E-state index contributed by atoms with van der Waals surface area (Å²) in [7, 11) is -1.64. The summed E-state index contributed by atoms with van der Waals surface area (Å²) >= 11 is 7.99. The second kappa shape index (κ2) is 8.47. The molecule has 12 heteroatoms. The number of halogens is 2. The van der Waals surface area contributed by atoms with E-state index in [0.29, 0.717) is 47.9 Å². The number of aliphatic imine (C=N–C) groups is 1. The van der Waals surface area contributed by atoms with E-state index >= 15 is 0 Å². The lowest BCUT2D eigenvalue weighted by atomic mass is 9.92. The summed E-state index contributed by atoms with van der Waals surface area (Å²) in [6.07, 6.45) is 5.35. The molecule has 0 bridgehead atoms. The predicted octanol–water partition coefficient (Wildman–Crippen LogP) is 4.13. The van der Waals surface area contributed by atoms with Gasteiger partial charge in [-0.2, -0.15) is 5.10 Å². The van der Waals surface area contributed by atoms with E-state index in [1.165, 1.54) is 23.5 Å². The van der Waals surface area contributed by atoms with Gasteiger partial charge in [0.1, 0.15) is 11.9 Å². The number of fused-ring (bicyclic) bond motifs is 1.